The van der Waals surface area contributed by atoms with Gasteiger partial charge in [0.05, 0.1) is 0 Å². The number of hydrogen-bond acceptors (Lipinski definition) is 5. The molecule has 5 nitrogen and oxygen atoms in total. The Kier molecular flexibility index (Phi) is 3.82. The van der Waals surface area contributed by atoms with Gasteiger partial charge >= 0.3 is 0 Å². The van der Waals surface area contributed by atoms with Gasteiger partial charge in [-0.25, -0.2) is 0 Å². The molecule has 1 aromatic rings. The van der Waals surface area contributed by atoms with Crippen LogP contribution < -0.4 is 11.1 Å². The quantitative estimate of drug-likeness (QED) is 0.852. The van der Waals surface area contributed by atoms with Crippen LogP contribution in [0.2, 0.25) is 0 Å². The van der Waals surface area contributed by atoms with Crippen molar-refractivity contribution < 1.29 is 0 Å². The van der Waals surface area contributed by atoms with Crippen molar-refractivity contribution in [3.05, 3.63) is 16.9 Å². The summed E-state index contributed by atoms with van der Waals surface area (Å²) in [6.45, 7) is 6.21. The van der Waals surface area contributed by atoms with Gasteiger partial charge in [-0.3, -0.25) is 0 Å². The maximum Gasteiger partial charge on any atom is 0.228 e. The van der Waals surface area contributed by atoms with Crippen LogP contribution in [0, 0.1) is 0 Å². The molecule has 0 radical (unpaired) electrons. The number of nitrogens with two attached hydrogens (primary N) is 1. The van der Waals surface area contributed by atoms with Gasteiger partial charge in [0.1, 0.15) is 5.82 Å². The molecule has 1 aromatic heterocycles. The Morgan fingerprint density at radius 2 is 2.21 bits per heavy atom. The number of nitrogens with zero attached hydrogens (tertiary/aromatic N) is 3. The van der Waals surface area contributed by atoms with Crippen molar-refractivity contribution in [3.63, 3.8) is 0 Å². The Hall–Kier alpha value is -1.17. The molecule has 0 spiro atoms. The number of nitrogen functional groups attached to an aromatic ring is 1. The second-order valence-corrected chi connectivity index (χ2v) is 3.78. The van der Waals surface area contributed by atoms with Gasteiger partial charge in [0, 0.05) is 17.4 Å². The van der Waals surface area contributed by atoms with Crippen LogP contribution in [0.25, 0.3) is 0 Å². The minimum absolute atomic E-state index is 0.236. The average molecular weight is 258 g/mol. The van der Waals surface area contributed by atoms with E-state index in [4.69, 9.17) is 5.73 Å². The maximum absolute atomic E-state index is 5.50. The summed E-state index contributed by atoms with van der Waals surface area (Å²) in [5, 5.41) is 2.97. The molecule has 0 aromatic carbocycles. The molecule has 3 N–H and O–H groups in total. The van der Waals surface area contributed by atoms with E-state index in [1.165, 1.54) is 0 Å². The van der Waals surface area contributed by atoms with Gasteiger partial charge < -0.3 is 11.1 Å². The van der Waals surface area contributed by atoms with E-state index >= 15 is 0 Å². The monoisotopic (exact) mass is 257 g/mol. The fraction of sp³-hybridized carbons (Fsp3) is 0.375. The molecule has 0 atom stereocenters. The van der Waals surface area contributed by atoms with Crippen LogP contribution >= 0.6 is 15.9 Å². The van der Waals surface area contributed by atoms with Crippen LogP contribution in [0.1, 0.15) is 12.7 Å². The van der Waals surface area contributed by atoms with E-state index in [1.54, 1.807) is 0 Å². The first kappa shape index (κ1) is 10.9. The number of anilines is 2. The highest BCUT2D eigenvalue weighted by atomic mass is 79.9. The zero-order valence-corrected chi connectivity index (χ0v) is 9.50. The summed E-state index contributed by atoms with van der Waals surface area (Å²) in [5.74, 6) is 1.40. The summed E-state index contributed by atoms with van der Waals surface area (Å²) in [4.78, 5) is 12.0. The van der Waals surface area contributed by atoms with Gasteiger partial charge in [-0.05, 0) is 0 Å². The molecule has 14 heavy (non-hydrogen) atoms. The Morgan fingerprint density at radius 3 is 2.79 bits per heavy atom. The van der Waals surface area contributed by atoms with E-state index in [1.807, 2.05) is 6.92 Å². The van der Waals surface area contributed by atoms with Crippen molar-refractivity contribution in [2.75, 3.05) is 17.6 Å². The van der Waals surface area contributed by atoms with Gasteiger partial charge in [0.15, 0.2) is 0 Å². The summed E-state index contributed by atoms with van der Waals surface area (Å²) in [6.07, 6.45) is 0.733. The van der Waals surface area contributed by atoms with Crippen molar-refractivity contribution in [2.45, 2.75) is 13.3 Å². The van der Waals surface area contributed by atoms with Gasteiger partial charge in [-0.1, -0.05) is 29.4 Å². The molecule has 6 heteroatoms. The second kappa shape index (κ2) is 4.90. The molecule has 0 bridgehead atoms. The molecular weight excluding hydrogens is 246 g/mol. The van der Waals surface area contributed by atoms with Crippen molar-refractivity contribution in [1.29, 1.82) is 0 Å². The number of rotatable bonds is 4. The van der Waals surface area contributed by atoms with Crippen LogP contribution in [0.4, 0.5) is 11.9 Å². The zero-order chi connectivity index (χ0) is 10.6. The summed E-state index contributed by atoms with van der Waals surface area (Å²) in [7, 11) is 0. The largest absolute Gasteiger partial charge is 0.368 e. The lowest BCUT2D eigenvalue weighted by Crippen LogP contribution is -2.10. The Labute approximate surface area is 91.0 Å². The molecule has 0 saturated carbocycles. The number of aryl methyl sites for hydroxylation is 1. The van der Waals surface area contributed by atoms with Gasteiger partial charge in [0.2, 0.25) is 11.9 Å². The number of aromatic nitrogens is 3. The molecule has 0 unspecified atom stereocenters. The third-order valence-corrected chi connectivity index (χ3v) is 1.73. The summed E-state index contributed by atoms with van der Waals surface area (Å²) in [6, 6.07) is 0. The first-order valence-electron chi connectivity index (χ1n) is 4.19. The molecule has 0 fully saturated rings. The molecule has 0 aliphatic heterocycles. The van der Waals surface area contributed by atoms with Crippen LogP contribution in [-0.4, -0.2) is 21.5 Å². The average Bonchev–Trinajstić information content (AvgIpc) is 2.14. The molecule has 1 heterocycles. The smallest absolute Gasteiger partial charge is 0.228 e. The molecule has 0 aliphatic carbocycles. The molecule has 76 valence electrons. The van der Waals surface area contributed by atoms with Crippen molar-refractivity contribution in [2.24, 2.45) is 0 Å². The highest BCUT2D eigenvalue weighted by molar-refractivity contribution is 9.11. The van der Waals surface area contributed by atoms with E-state index in [-0.39, 0.29) is 5.95 Å². The Bertz CT molecular complexity index is 339. The van der Waals surface area contributed by atoms with Crippen LogP contribution in [-0.2, 0) is 6.42 Å². The predicted molar refractivity (Wildman–Crippen MR) is 60.2 cm³/mol. The van der Waals surface area contributed by atoms with E-state index < -0.39 is 0 Å². The fourth-order valence-electron chi connectivity index (χ4n) is 0.850. The lowest BCUT2D eigenvalue weighted by atomic mass is 10.4. The van der Waals surface area contributed by atoms with Crippen molar-refractivity contribution in [1.82, 2.24) is 15.0 Å². The van der Waals surface area contributed by atoms with Gasteiger partial charge in [-0.2, -0.15) is 15.0 Å². The van der Waals surface area contributed by atoms with E-state index in [0.29, 0.717) is 18.3 Å². The molecular formula is C8H12BrN5. The first-order chi connectivity index (χ1) is 6.61. The van der Waals surface area contributed by atoms with E-state index in [2.05, 4.69) is 42.8 Å². The number of nitrogens with one attached hydrogen (secondary N) is 1. The molecule has 0 aliphatic rings. The highest BCUT2D eigenvalue weighted by Crippen LogP contribution is 2.05. The van der Waals surface area contributed by atoms with E-state index in [9.17, 15) is 0 Å². The minimum Gasteiger partial charge on any atom is -0.368 e. The van der Waals surface area contributed by atoms with Crippen LogP contribution in [0.5, 0.6) is 0 Å². The lowest BCUT2D eigenvalue weighted by molar-refractivity contribution is 0.906. The third kappa shape index (κ3) is 3.29. The topological polar surface area (TPSA) is 76.7 Å². The summed E-state index contributed by atoms with van der Waals surface area (Å²) in [5.41, 5.74) is 5.50. The zero-order valence-electron chi connectivity index (χ0n) is 7.92. The van der Waals surface area contributed by atoms with Gasteiger partial charge in [0.25, 0.3) is 0 Å². The van der Waals surface area contributed by atoms with Crippen LogP contribution in [0.3, 0.4) is 0 Å². The standard InChI is InChI=1S/C8H12BrN5/c1-3-6-12-7(10)14-8(13-6)11-4-5(2)9/h2-4H2,1H3,(H3,10,11,12,13,14). The Balaban J connectivity index is 2.76. The highest BCUT2D eigenvalue weighted by Gasteiger charge is 2.01. The fourth-order valence-corrected chi connectivity index (χ4v) is 0.990. The number of halogens is 1. The van der Waals surface area contributed by atoms with E-state index in [0.717, 1.165) is 10.9 Å². The molecule has 0 amide bonds. The molecule has 0 saturated heterocycles. The van der Waals surface area contributed by atoms with Gasteiger partial charge in [-0.15, -0.1) is 0 Å². The first-order valence-corrected chi connectivity index (χ1v) is 4.98. The second-order valence-electron chi connectivity index (χ2n) is 2.66. The Morgan fingerprint density at radius 1 is 1.50 bits per heavy atom. The van der Waals surface area contributed by atoms with Crippen LogP contribution in [0.15, 0.2) is 11.1 Å². The predicted octanol–water partition coefficient (Wildman–Crippen LogP) is 1.34. The lowest BCUT2D eigenvalue weighted by Gasteiger charge is -2.04. The minimum atomic E-state index is 0.236. The summed E-state index contributed by atoms with van der Waals surface area (Å²) < 4.78 is 0.828. The van der Waals surface area contributed by atoms with Crippen molar-refractivity contribution in [3.8, 4) is 0 Å². The van der Waals surface area contributed by atoms with Crippen molar-refractivity contribution >= 4 is 27.8 Å². The maximum atomic E-state index is 5.50. The number of hydrogen-bond donors (Lipinski definition) is 2. The molecule has 1 rings (SSSR count). The third-order valence-electron chi connectivity index (χ3n) is 1.45. The SMILES string of the molecule is C=C(Br)CNc1nc(N)nc(CC)n1. The normalized spacial score (nSPS) is 9.86. The summed E-state index contributed by atoms with van der Waals surface area (Å²) >= 11 is 3.23.